The van der Waals surface area contributed by atoms with Gasteiger partial charge in [0.15, 0.2) is 0 Å². The number of fused-ring (bicyclic) bond motifs is 1. The summed E-state index contributed by atoms with van der Waals surface area (Å²) in [4.78, 5) is 14.7. The van der Waals surface area contributed by atoms with Crippen LogP contribution in [0.25, 0.3) is 10.9 Å². The van der Waals surface area contributed by atoms with Gasteiger partial charge in [0.25, 0.3) is 5.69 Å². The molecule has 0 amide bonds. The number of non-ortho nitro benzene ring substituents is 1. The van der Waals surface area contributed by atoms with Crippen LogP contribution in [0.3, 0.4) is 0 Å². The van der Waals surface area contributed by atoms with Gasteiger partial charge in [-0.3, -0.25) is 15.1 Å². The molecule has 88 valence electrons. The summed E-state index contributed by atoms with van der Waals surface area (Å²) < 4.78 is 0. The number of benzene rings is 1. The summed E-state index contributed by atoms with van der Waals surface area (Å²) >= 11 is 0. The van der Waals surface area contributed by atoms with E-state index >= 15 is 0 Å². The molecule has 0 saturated heterocycles. The van der Waals surface area contributed by atoms with Gasteiger partial charge in [-0.15, -0.1) is 0 Å². The summed E-state index contributed by atoms with van der Waals surface area (Å²) in [5, 5.41) is 11.3. The van der Waals surface area contributed by atoms with Crippen molar-refractivity contribution in [3.63, 3.8) is 0 Å². The fraction of sp³-hybridized carbons (Fsp3) is 0.250. The van der Waals surface area contributed by atoms with Gasteiger partial charge in [0.05, 0.1) is 10.4 Å². The molecule has 1 aromatic carbocycles. The summed E-state index contributed by atoms with van der Waals surface area (Å²) in [6, 6.07) is 6.34. The minimum Gasteiger partial charge on any atom is -0.398 e. The lowest BCUT2D eigenvalue weighted by Gasteiger charge is -2.05. The van der Waals surface area contributed by atoms with Gasteiger partial charge < -0.3 is 5.73 Å². The number of nitrogens with zero attached hydrogens (tertiary/aromatic N) is 2. The third-order valence-electron chi connectivity index (χ3n) is 2.59. The zero-order valence-corrected chi connectivity index (χ0v) is 9.51. The summed E-state index contributed by atoms with van der Waals surface area (Å²) in [6.45, 7) is 2.07. The molecule has 0 spiro atoms. The lowest BCUT2D eigenvalue weighted by atomic mass is 10.1. The van der Waals surface area contributed by atoms with Crippen molar-refractivity contribution in [1.29, 1.82) is 0 Å². The first-order valence-corrected chi connectivity index (χ1v) is 5.45. The first-order chi connectivity index (χ1) is 8.11. The van der Waals surface area contributed by atoms with E-state index in [1.165, 1.54) is 12.1 Å². The highest BCUT2D eigenvalue weighted by molar-refractivity contribution is 5.91. The summed E-state index contributed by atoms with van der Waals surface area (Å²) in [6.07, 6.45) is 1.85. The quantitative estimate of drug-likeness (QED) is 0.650. The van der Waals surface area contributed by atoms with Crippen LogP contribution in [0.1, 0.15) is 19.0 Å². The summed E-state index contributed by atoms with van der Waals surface area (Å²) in [5.41, 5.74) is 8.10. The number of hydrogen-bond donors (Lipinski definition) is 1. The van der Waals surface area contributed by atoms with E-state index in [1.807, 2.05) is 0 Å². The average molecular weight is 231 g/mol. The van der Waals surface area contributed by atoms with Crippen LogP contribution in [0.5, 0.6) is 0 Å². The number of aryl methyl sites for hydroxylation is 1. The number of anilines is 1. The van der Waals surface area contributed by atoms with Crippen LogP contribution in [-0.4, -0.2) is 9.91 Å². The summed E-state index contributed by atoms with van der Waals surface area (Å²) in [5.74, 6) is 0. The van der Waals surface area contributed by atoms with Crippen LogP contribution < -0.4 is 5.73 Å². The largest absolute Gasteiger partial charge is 0.398 e. The minimum atomic E-state index is -0.432. The molecule has 17 heavy (non-hydrogen) atoms. The van der Waals surface area contributed by atoms with E-state index in [-0.39, 0.29) is 5.69 Å². The Labute approximate surface area is 98.4 Å². The summed E-state index contributed by atoms with van der Waals surface area (Å²) in [7, 11) is 0. The number of nitrogens with two attached hydrogens (primary N) is 1. The van der Waals surface area contributed by atoms with Gasteiger partial charge in [0, 0.05) is 28.9 Å². The van der Waals surface area contributed by atoms with Crippen LogP contribution >= 0.6 is 0 Å². The smallest absolute Gasteiger partial charge is 0.270 e. The molecule has 2 aromatic rings. The second-order valence-corrected chi connectivity index (χ2v) is 3.91. The molecule has 5 nitrogen and oxygen atoms in total. The topological polar surface area (TPSA) is 82.0 Å². The minimum absolute atomic E-state index is 0.0363. The van der Waals surface area contributed by atoms with E-state index < -0.39 is 4.92 Å². The van der Waals surface area contributed by atoms with Crippen molar-refractivity contribution in [2.75, 3.05) is 5.73 Å². The van der Waals surface area contributed by atoms with E-state index in [2.05, 4.69) is 11.9 Å². The Morgan fingerprint density at radius 1 is 1.41 bits per heavy atom. The molecular weight excluding hydrogens is 218 g/mol. The molecule has 0 unspecified atom stereocenters. The second kappa shape index (κ2) is 4.37. The van der Waals surface area contributed by atoms with Gasteiger partial charge in [0.2, 0.25) is 0 Å². The van der Waals surface area contributed by atoms with E-state index in [1.54, 1.807) is 12.1 Å². The zero-order valence-electron chi connectivity index (χ0n) is 9.51. The standard InChI is InChI=1S/C12H13N3O2/c1-2-3-8-6-11(13)10-7-9(15(16)17)4-5-12(10)14-8/h4-7H,2-3H2,1H3,(H2,13,14). The Morgan fingerprint density at radius 3 is 2.82 bits per heavy atom. The van der Waals surface area contributed by atoms with E-state index in [4.69, 9.17) is 5.73 Å². The highest BCUT2D eigenvalue weighted by Gasteiger charge is 2.09. The molecule has 0 aliphatic heterocycles. The van der Waals surface area contributed by atoms with Crippen molar-refractivity contribution in [3.8, 4) is 0 Å². The van der Waals surface area contributed by atoms with E-state index in [0.717, 1.165) is 18.5 Å². The fourth-order valence-electron chi connectivity index (χ4n) is 1.79. The van der Waals surface area contributed by atoms with Crippen LogP contribution in [-0.2, 0) is 6.42 Å². The van der Waals surface area contributed by atoms with E-state index in [0.29, 0.717) is 16.6 Å². The molecule has 0 saturated carbocycles. The Morgan fingerprint density at radius 2 is 2.18 bits per heavy atom. The highest BCUT2D eigenvalue weighted by Crippen LogP contribution is 2.25. The number of nitro benzene ring substituents is 1. The Kier molecular flexibility index (Phi) is 2.91. The van der Waals surface area contributed by atoms with Gasteiger partial charge in [0.1, 0.15) is 0 Å². The maximum atomic E-state index is 10.7. The Bertz CT molecular complexity index is 581. The molecule has 2 N–H and O–H groups in total. The zero-order chi connectivity index (χ0) is 12.4. The van der Waals surface area contributed by atoms with E-state index in [9.17, 15) is 10.1 Å². The molecule has 1 heterocycles. The number of aromatic nitrogens is 1. The molecule has 1 aromatic heterocycles. The molecule has 0 radical (unpaired) electrons. The van der Waals surface area contributed by atoms with Gasteiger partial charge in [-0.1, -0.05) is 13.3 Å². The highest BCUT2D eigenvalue weighted by atomic mass is 16.6. The number of hydrogen-bond acceptors (Lipinski definition) is 4. The number of nitrogen functional groups attached to an aromatic ring is 1. The maximum absolute atomic E-state index is 10.7. The molecule has 0 fully saturated rings. The average Bonchev–Trinajstić information content (AvgIpc) is 2.29. The molecule has 2 rings (SSSR count). The number of pyridine rings is 1. The lowest BCUT2D eigenvalue weighted by molar-refractivity contribution is -0.384. The lowest BCUT2D eigenvalue weighted by Crippen LogP contribution is -1.96. The van der Waals surface area contributed by atoms with Crippen LogP contribution in [0.15, 0.2) is 24.3 Å². The third kappa shape index (κ3) is 2.18. The van der Waals surface area contributed by atoms with Crippen molar-refractivity contribution in [2.45, 2.75) is 19.8 Å². The van der Waals surface area contributed by atoms with Crippen LogP contribution in [0.2, 0.25) is 0 Å². The van der Waals surface area contributed by atoms with Crippen molar-refractivity contribution < 1.29 is 4.92 Å². The first-order valence-electron chi connectivity index (χ1n) is 5.45. The predicted molar refractivity (Wildman–Crippen MR) is 66.8 cm³/mol. The third-order valence-corrected chi connectivity index (χ3v) is 2.59. The molecule has 5 heteroatoms. The number of rotatable bonds is 3. The van der Waals surface area contributed by atoms with Crippen molar-refractivity contribution in [3.05, 3.63) is 40.1 Å². The Hall–Kier alpha value is -2.17. The van der Waals surface area contributed by atoms with Crippen molar-refractivity contribution in [1.82, 2.24) is 4.98 Å². The number of nitro groups is 1. The predicted octanol–water partition coefficient (Wildman–Crippen LogP) is 2.68. The van der Waals surface area contributed by atoms with Crippen LogP contribution in [0, 0.1) is 10.1 Å². The Balaban J connectivity index is 2.60. The second-order valence-electron chi connectivity index (χ2n) is 3.91. The van der Waals surface area contributed by atoms with Gasteiger partial charge in [-0.2, -0.15) is 0 Å². The van der Waals surface area contributed by atoms with Crippen LogP contribution in [0.4, 0.5) is 11.4 Å². The SMILES string of the molecule is CCCc1cc(N)c2cc([N+](=O)[O-])ccc2n1. The first kappa shape index (κ1) is 11.3. The maximum Gasteiger partial charge on any atom is 0.270 e. The van der Waals surface area contributed by atoms with Crippen molar-refractivity contribution >= 4 is 22.3 Å². The molecule has 0 aliphatic carbocycles. The molecule has 0 aliphatic rings. The van der Waals surface area contributed by atoms with Gasteiger partial charge >= 0.3 is 0 Å². The fourth-order valence-corrected chi connectivity index (χ4v) is 1.79. The molecule has 0 bridgehead atoms. The molecule has 0 atom stereocenters. The monoisotopic (exact) mass is 231 g/mol. The van der Waals surface area contributed by atoms with Crippen molar-refractivity contribution in [2.24, 2.45) is 0 Å². The van der Waals surface area contributed by atoms with Gasteiger partial charge in [-0.05, 0) is 18.6 Å². The normalized spacial score (nSPS) is 10.6. The molecular formula is C12H13N3O2. The van der Waals surface area contributed by atoms with Gasteiger partial charge in [-0.25, -0.2) is 0 Å².